The van der Waals surface area contributed by atoms with Crippen molar-refractivity contribution in [2.45, 2.75) is 39.2 Å². The van der Waals surface area contributed by atoms with Crippen molar-refractivity contribution in [3.05, 3.63) is 11.9 Å². The molecule has 2 atom stereocenters. The predicted molar refractivity (Wildman–Crippen MR) is 72.4 cm³/mol. The van der Waals surface area contributed by atoms with Crippen LogP contribution in [-0.2, 0) is 18.2 Å². The van der Waals surface area contributed by atoms with E-state index in [1.165, 1.54) is 0 Å². The SMILES string of the molecule is CCCNC(Cc1cn(C)nn1)CC(C)COC. The third-order valence-corrected chi connectivity index (χ3v) is 2.93. The molecule has 2 unspecified atom stereocenters. The molecule has 5 nitrogen and oxygen atoms in total. The molecule has 1 aromatic rings. The molecule has 0 spiro atoms. The van der Waals surface area contributed by atoms with Crippen LogP contribution in [0.25, 0.3) is 0 Å². The molecule has 1 N–H and O–H groups in total. The van der Waals surface area contributed by atoms with Crippen molar-refractivity contribution in [2.75, 3.05) is 20.3 Å². The molecule has 0 saturated heterocycles. The van der Waals surface area contributed by atoms with Crippen molar-refractivity contribution >= 4 is 0 Å². The topological polar surface area (TPSA) is 52.0 Å². The van der Waals surface area contributed by atoms with Crippen LogP contribution in [0.2, 0.25) is 0 Å². The van der Waals surface area contributed by atoms with E-state index in [4.69, 9.17) is 4.74 Å². The molecule has 18 heavy (non-hydrogen) atoms. The second-order valence-corrected chi connectivity index (χ2v) is 5.03. The van der Waals surface area contributed by atoms with Crippen molar-refractivity contribution in [1.82, 2.24) is 20.3 Å². The Morgan fingerprint density at radius 3 is 2.83 bits per heavy atom. The molecule has 1 heterocycles. The first kappa shape index (κ1) is 15.1. The molecule has 0 aromatic carbocycles. The second kappa shape index (κ2) is 8.21. The molecule has 5 heteroatoms. The summed E-state index contributed by atoms with van der Waals surface area (Å²) in [6, 6.07) is 0.451. The fraction of sp³-hybridized carbons (Fsp3) is 0.846. The van der Waals surface area contributed by atoms with Gasteiger partial charge >= 0.3 is 0 Å². The fourth-order valence-corrected chi connectivity index (χ4v) is 2.17. The van der Waals surface area contributed by atoms with Crippen molar-refractivity contribution in [3.63, 3.8) is 0 Å². The number of methoxy groups -OCH3 is 1. The highest BCUT2D eigenvalue weighted by Crippen LogP contribution is 2.10. The van der Waals surface area contributed by atoms with Crippen LogP contribution in [0.15, 0.2) is 6.20 Å². The lowest BCUT2D eigenvalue weighted by atomic mass is 9.99. The average molecular weight is 254 g/mol. The molecular weight excluding hydrogens is 228 g/mol. The first-order chi connectivity index (χ1) is 8.65. The molecule has 0 radical (unpaired) electrons. The van der Waals surface area contributed by atoms with Gasteiger partial charge in [-0.25, -0.2) is 0 Å². The van der Waals surface area contributed by atoms with Gasteiger partial charge in [-0.2, -0.15) is 0 Å². The standard InChI is InChI=1S/C13H26N4O/c1-5-6-14-12(7-11(2)10-18-4)8-13-9-17(3)16-15-13/h9,11-12,14H,5-8,10H2,1-4H3. The number of rotatable bonds is 9. The number of hydrogen-bond acceptors (Lipinski definition) is 4. The normalized spacial score (nSPS) is 14.7. The Bertz CT molecular complexity index is 327. The van der Waals surface area contributed by atoms with Gasteiger partial charge in [-0.05, 0) is 25.3 Å². The molecule has 1 aromatic heterocycles. The van der Waals surface area contributed by atoms with Crippen LogP contribution in [0.5, 0.6) is 0 Å². The Kier molecular flexibility index (Phi) is 6.90. The molecule has 0 amide bonds. The van der Waals surface area contributed by atoms with Crippen LogP contribution in [0.1, 0.15) is 32.4 Å². The quantitative estimate of drug-likeness (QED) is 0.723. The van der Waals surface area contributed by atoms with Crippen molar-refractivity contribution in [2.24, 2.45) is 13.0 Å². The monoisotopic (exact) mass is 254 g/mol. The number of aromatic nitrogens is 3. The highest BCUT2D eigenvalue weighted by atomic mass is 16.5. The van der Waals surface area contributed by atoms with Gasteiger partial charge in [0.05, 0.1) is 5.69 Å². The van der Waals surface area contributed by atoms with Crippen LogP contribution in [-0.4, -0.2) is 41.3 Å². The van der Waals surface area contributed by atoms with Crippen molar-refractivity contribution in [1.29, 1.82) is 0 Å². The van der Waals surface area contributed by atoms with Crippen LogP contribution in [0.3, 0.4) is 0 Å². The van der Waals surface area contributed by atoms with Crippen LogP contribution >= 0.6 is 0 Å². The van der Waals surface area contributed by atoms with Crippen LogP contribution in [0, 0.1) is 5.92 Å². The minimum atomic E-state index is 0.451. The smallest absolute Gasteiger partial charge is 0.0842 e. The summed E-state index contributed by atoms with van der Waals surface area (Å²) in [4.78, 5) is 0. The van der Waals surface area contributed by atoms with Gasteiger partial charge < -0.3 is 10.1 Å². The highest BCUT2D eigenvalue weighted by molar-refractivity contribution is 4.96. The van der Waals surface area contributed by atoms with E-state index >= 15 is 0 Å². The molecular formula is C13H26N4O. The van der Waals surface area contributed by atoms with Gasteiger partial charge in [0.1, 0.15) is 0 Å². The van der Waals surface area contributed by atoms with E-state index in [2.05, 4.69) is 29.5 Å². The Hall–Kier alpha value is -0.940. The maximum atomic E-state index is 5.20. The molecule has 1 rings (SSSR count). The number of nitrogens with zero attached hydrogens (tertiary/aromatic N) is 3. The largest absolute Gasteiger partial charge is 0.384 e. The Labute approximate surface area is 110 Å². The lowest BCUT2D eigenvalue weighted by Crippen LogP contribution is -2.34. The van der Waals surface area contributed by atoms with Gasteiger partial charge in [0, 0.05) is 39.4 Å². The van der Waals surface area contributed by atoms with E-state index in [9.17, 15) is 0 Å². The maximum absolute atomic E-state index is 5.20. The Morgan fingerprint density at radius 2 is 2.28 bits per heavy atom. The predicted octanol–water partition coefficient (Wildman–Crippen LogP) is 1.40. The van der Waals surface area contributed by atoms with Gasteiger partial charge in [-0.1, -0.05) is 19.1 Å². The van der Waals surface area contributed by atoms with Crippen LogP contribution in [0.4, 0.5) is 0 Å². The first-order valence-electron chi connectivity index (χ1n) is 6.73. The number of hydrogen-bond donors (Lipinski definition) is 1. The van der Waals surface area contributed by atoms with E-state index < -0.39 is 0 Å². The zero-order valence-corrected chi connectivity index (χ0v) is 12.0. The minimum Gasteiger partial charge on any atom is -0.384 e. The summed E-state index contributed by atoms with van der Waals surface area (Å²) in [6.07, 6.45) is 5.17. The Morgan fingerprint density at radius 1 is 1.50 bits per heavy atom. The number of nitrogens with one attached hydrogen (secondary N) is 1. The molecule has 0 aliphatic rings. The second-order valence-electron chi connectivity index (χ2n) is 5.03. The third kappa shape index (κ3) is 5.60. The number of aryl methyl sites for hydroxylation is 1. The summed E-state index contributed by atoms with van der Waals surface area (Å²) in [5.74, 6) is 0.557. The maximum Gasteiger partial charge on any atom is 0.0842 e. The van der Waals surface area contributed by atoms with Gasteiger partial charge in [-0.3, -0.25) is 4.68 Å². The van der Waals surface area contributed by atoms with E-state index in [1.54, 1.807) is 11.8 Å². The van der Waals surface area contributed by atoms with Gasteiger partial charge in [-0.15, -0.1) is 5.10 Å². The summed E-state index contributed by atoms with van der Waals surface area (Å²) in [5, 5.41) is 11.7. The van der Waals surface area contributed by atoms with E-state index in [-0.39, 0.29) is 0 Å². The molecule has 0 fully saturated rings. The van der Waals surface area contributed by atoms with Gasteiger partial charge in [0.2, 0.25) is 0 Å². The lowest BCUT2D eigenvalue weighted by Gasteiger charge is -2.21. The molecule has 0 aliphatic carbocycles. The zero-order chi connectivity index (χ0) is 13.4. The van der Waals surface area contributed by atoms with E-state index in [0.717, 1.165) is 38.1 Å². The summed E-state index contributed by atoms with van der Waals surface area (Å²) >= 11 is 0. The van der Waals surface area contributed by atoms with E-state index in [1.807, 2.05) is 13.2 Å². The summed E-state index contributed by atoms with van der Waals surface area (Å²) in [6.45, 7) is 6.27. The lowest BCUT2D eigenvalue weighted by molar-refractivity contribution is 0.149. The molecule has 104 valence electrons. The Balaban J connectivity index is 2.48. The van der Waals surface area contributed by atoms with Gasteiger partial charge in [0.25, 0.3) is 0 Å². The van der Waals surface area contributed by atoms with Crippen molar-refractivity contribution < 1.29 is 4.74 Å². The number of ether oxygens (including phenoxy) is 1. The highest BCUT2D eigenvalue weighted by Gasteiger charge is 2.14. The fourth-order valence-electron chi connectivity index (χ4n) is 2.17. The van der Waals surface area contributed by atoms with Crippen LogP contribution < -0.4 is 5.32 Å². The third-order valence-electron chi connectivity index (χ3n) is 2.93. The summed E-state index contributed by atoms with van der Waals surface area (Å²) in [7, 11) is 3.66. The zero-order valence-electron chi connectivity index (χ0n) is 12.0. The molecule has 0 saturated carbocycles. The minimum absolute atomic E-state index is 0.451. The molecule has 0 bridgehead atoms. The van der Waals surface area contributed by atoms with Gasteiger partial charge in [0.15, 0.2) is 0 Å². The molecule has 0 aliphatic heterocycles. The van der Waals surface area contributed by atoms with E-state index in [0.29, 0.717) is 12.0 Å². The summed E-state index contributed by atoms with van der Waals surface area (Å²) < 4.78 is 6.96. The first-order valence-corrected chi connectivity index (χ1v) is 6.73. The van der Waals surface area contributed by atoms with Crippen molar-refractivity contribution in [3.8, 4) is 0 Å². The summed E-state index contributed by atoms with van der Waals surface area (Å²) in [5.41, 5.74) is 1.05. The average Bonchev–Trinajstić information content (AvgIpc) is 2.72.